The van der Waals surface area contributed by atoms with Gasteiger partial charge in [0.15, 0.2) is 0 Å². The minimum Gasteiger partial charge on any atom is -0.351 e. The van der Waals surface area contributed by atoms with Gasteiger partial charge in [-0.2, -0.15) is 0 Å². The van der Waals surface area contributed by atoms with Gasteiger partial charge in [-0.05, 0) is 48.4 Å². The molecule has 148 valence electrons. The summed E-state index contributed by atoms with van der Waals surface area (Å²) in [4.78, 5) is 20.6. The number of carbonyl (C=O) groups excluding carboxylic acids is 1. The SMILES string of the molecule is Cn1c(CCc2cccc(NC(=O)c3cc4ccccc4[nH]3)c2)nc2ccccc21. The molecule has 0 aliphatic heterocycles. The van der Waals surface area contributed by atoms with Crippen LogP contribution in [-0.4, -0.2) is 20.4 Å². The van der Waals surface area contributed by atoms with Crippen molar-refractivity contribution in [2.45, 2.75) is 12.8 Å². The highest BCUT2D eigenvalue weighted by Gasteiger charge is 2.11. The van der Waals surface area contributed by atoms with Crippen LogP contribution in [0, 0.1) is 0 Å². The van der Waals surface area contributed by atoms with Crippen LogP contribution in [0.25, 0.3) is 21.9 Å². The van der Waals surface area contributed by atoms with Crippen molar-refractivity contribution in [3.05, 3.63) is 95.9 Å². The second kappa shape index (κ2) is 7.52. The van der Waals surface area contributed by atoms with Gasteiger partial charge < -0.3 is 14.9 Å². The summed E-state index contributed by atoms with van der Waals surface area (Å²) in [6, 6.07) is 25.9. The molecule has 0 fully saturated rings. The fourth-order valence-electron chi connectivity index (χ4n) is 3.87. The number of fused-ring (bicyclic) bond motifs is 2. The summed E-state index contributed by atoms with van der Waals surface area (Å²) in [6.45, 7) is 0. The third-order valence-corrected chi connectivity index (χ3v) is 5.48. The Kier molecular flexibility index (Phi) is 4.56. The molecule has 0 saturated heterocycles. The van der Waals surface area contributed by atoms with Gasteiger partial charge >= 0.3 is 0 Å². The quantitative estimate of drug-likeness (QED) is 0.436. The number of rotatable bonds is 5. The minimum atomic E-state index is -0.140. The van der Waals surface area contributed by atoms with Crippen LogP contribution in [0.5, 0.6) is 0 Å². The first kappa shape index (κ1) is 18.2. The Balaban J connectivity index is 1.30. The number of hydrogen-bond acceptors (Lipinski definition) is 2. The number of anilines is 1. The molecule has 2 aromatic heterocycles. The highest BCUT2D eigenvalue weighted by Crippen LogP contribution is 2.19. The number of imidazole rings is 1. The molecule has 1 amide bonds. The fraction of sp³-hybridized carbons (Fsp3) is 0.120. The Labute approximate surface area is 174 Å². The molecule has 3 aromatic carbocycles. The highest BCUT2D eigenvalue weighted by molar-refractivity contribution is 6.05. The number of aromatic amines is 1. The number of hydrogen-bond donors (Lipinski definition) is 2. The van der Waals surface area contributed by atoms with Crippen molar-refractivity contribution in [3.8, 4) is 0 Å². The van der Waals surface area contributed by atoms with Gasteiger partial charge in [0.25, 0.3) is 5.91 Å². The number of amides is 1. The largest absolute Gasteiger partial charge is 0.351 e. The van der Waals surface area contributed by atoms with Crippen molar-refractivity contribution >= 4 is 33.5 Å². The summed E-state index contributed by atoms with van der Waals surface area (Å²) in [5.74, 6) is 0.919. The number of carbonyl (C=O) groups is 1. The van der Waals surface area contributed by atoms with E-state index < -0.39 is 0 Å². The highest BCUT2D eigenvalue weighted by atomic mass is 16.1. The maximum Gasteiger partial charge on any atom is 0.272 e. The lowest BCUT2D eigenvalue weighted by atomic mass is 10.1. The number of nitrogens with zero attached hydrogens (tertiary/aromatic N) is 2. The third kappa shape index (κ3) is 3.46. The Morgan fingerprint density at radius 2 is 1.80 bits per heavy atom. The van der Waals surface area contributed by atoms with Crippen LogP contribution in [-0.2, 0) is 19.9 Å². The number of benzene rings is 3. The first-order valence-corrected chi connectivity index (χ1v) is 10.1. The van der Waals surface area contributed by atoms with Gasteiger partial charge in [0.1, 0.15) is 11.5 Å². The van der Waals surface area contributed by atoms with Crippen LogP contribution >= 0.6 is 0 Å². The molecule has 30 heavy (non-hydrogen) atoms. The van der Waals surface area contributed by atoms with Crippen molar-refractivity contribution in [1.29, 1.82) is 0 Å². The molecule has 5 rings (SSSR count). The lowest BCUT2D eigenvalue weighted by molar-refractivity contribution is 0.102. The van der Waals surface area contributed by atoms with Crippen LogP contribution < -0.4 is 5.32 Å². The molecular formula is C25H22N4O. The van der Waals surface area contributed by atoms with Crippen LogP contribution in [0.15, 0.2) is 78.9 Å². The van der Waals surface area contributed by atoms with E-state index in [1.54, 1.807) is 0 Å². The molecule has 5 aromatic rings. The normalized spacial score (nSPS) is 11.2. The fourth-order valence-corrected chi connectivity index (χ4v) is 3.87. The zero-order valence-electron chi connectivity index (χ0n) is 16.7. The Hall–Kier alpha value is -3.86. The van der Waals surface area contributed by atoms with E-state index in [1.807, 2.05) is 66.7 Å². The second-order valence-corrected chi connectivity index (χ2v) is 7.50. The monoisotopic (exact) mass is 394 g/mol. The summed E-state index contributed by atoms with van der Waals surface area (Å²) in [7, 11) is 2.06. The van der Waals surface area contributed by atoms with Crippen molar-refractivity contribution < 1.29 is 4.79 Å². The van der Waals surface area contributed by atoms with Crippen LogP contribution in [0.2, 0.25) is 0 Å². The van der Waals surface area contributed by atoms with Crippen molar-refractivity contribution in [2.24, 2.45) is 7.05 Å². The Bertz CT molecular complexity index is 1330. The molecule has 0 bridgehead atoms. The van der Waals surface area contributed by atoms with Gasteiger partial charge in [-0.15, -0.1) is 0 Å². The predicted octanol–water partition coefficient (Wildman–Crippen LogP) is 5.09. The molecule has 0 aliphatic carbocycles. The zero-order valence-corrected chi connectivity index (χ0v) is 16.7. The molecule has 0 saturated carbocycles. The number of aryl methyl sites for hydroxylation is 3. The Morgan fingerprint density at radius 1 is 0.967 bits per heavy atom. The average molecular weight is 394 g/mol. The van der Waals surface area contributed by atoms with Crippen molar-refractivity contribution in [3.63, 3.8) is 0 Å². The van der Waals surface area contributed by atoms with E-state index in [0.717, 1.165) is 51.9 Å². The van der Waals surface area contributed by atoms with Gasteiger partial charge in [-0.1, -0.05) is 42.5 Å². The molecule has 5 heteroatoms. The summed E-state index contributed by atoms with van der Waals surface area (Å²) in [6.07, 6.45) is 1.69. The third-order valence-electron chi connectivity index (χ3n) is 5.48. The van der Waals surface area contributed by atoms with E-state index in [9.17, 15) is 4.79 Å². The second-order valence-electron chi connectivity index (χ2n) is 7.50. The summed E-state index contributed by atoms with van der Waals surface area (Å²) in [5.41, 5.74) is 5.64. The molecular weight excluding hydrogens is 372 g/mol. The zero-order chi connectivity index (χ0) is 20.5. The molecule has 0 unspecified atom stereocenters. The standard InChI is InChI=1S/C25H22N4O/c1-29-23-12-5-4-11-21(23)28-24(29)14-13-17-7-6-9-19(15-17)26-25(30)22-16-18-8-2-3-10-20(18)27-22/h2-12,15-16,27H,13-14H2,1H3,(H,26,30). The number of para-hydroxylation sites is 3. The molecule has 0 aliphatic rings. The van der Waals surface area contributed by atoms with Crippen LogP contribution in [0.4, 0.5) is 5.69 Å². The summed E-state index contributed by atoms with van der Waals surface area (Å²) >= 11 is 0. The lowest BCUT2D eigenvalue weighted by Crippen LogP contribution is -2.12. The van der Waals surface area contributed by atoms with Gasteiger partial charge in [-0.25, -0.2) is 4.98 Å². The predicted molar refractivity (Wildman–Crippen MR) is 121 cm³/mol. The first-order valence-electron chi connectivity index (χ1n) is 10.1. The molecule has 5 nitrogen and oxygen atoms in total. The van der Waals surface area contributed by atoms with E-state index in [-0.39, 0.29) is 5.91 Å². The summed E-state index contributed by atoms with van der Waals surface area (Å²) in [5, 5.41) is 4.03. The topological polar surface area (TPSA) is 62.7 Å². The van der Waals surface area contributed by atoms with E-state index in [0.29, 0.717) is 5.69 Å². The maximum atomic E-state index is 12.7. The van der Waals surface area contributed by atoms with Gasteiger partial charge in [0, 0.05) is 30.1 Å². The van der Waals surface area contributed by atoms with Gasteiger partial charge in [-0.3, -0.25) is 4.79 Å². The molecule has 2 heterocycles. The molecule has 0 spiro atoms. The smallest absolute Gasteiger partial charge is 0.272 e. The van der Waals surface area contributed by atoms with Crippen molar-refractivity contribution in [1.82, 2.24) is 14.5 Å². The van der Waals surface area contributed by atoms with E-state index >= 15 is 0 Å². The number of nitrogens with one attached hydrogen (secondary N) is 2. The number of aromatic nitrogens is 3. The number of H-pyrrole nitrogens is 1. The lowest BCUT2D eigenvalue weighted by Gasteiger charge is -2.07. The van der Waals surface area contributed by atoms with E-state index in [4.69, 9.17) is 4.98 Å². The van der Waals surface area contributed by atoms with Gasteiger partial charge in [0.2, 0.25) is 0 Å². The van der Waals surface area contributed by atoms with Crippen LogP contribution in [0.3, 0.4) is 0 Å². The van der Waals surface area contributed by atoms with Crippen molar-refractivity contribution in [2.75, 3.05) is 5.32 Å². The van der Waals surface area contributed by atoms with E-state index in [2.05, 4.69) is 34.0 Å². The molecule has 2 N–H and O–H groups in total. The maximum absolute atomic E-state index is 12.7. The first-order chi connectivity index (χ1) is 14.7. The Morgan fingerprint density at radius 3 is 2.67 bits per heavy atom. The van der Waals surface area contributed by atoms with Gasteiger partial charge in [0.05, 0.1) is 11.0 Å². The minimum absolute atomic E-state index is 0.140. The average Bonchev–Trinajstić information content (AvgIpc) is 3.34. The van der Waals surface area contributed by atoms with E-state index in [1.165, 1.54) is 0 Å². The molecule has 0 atom stereocenters. The molecule has 0 radical (unpaired) electrons. The summed E-state index contributed by atoms with van der Waals surface area (Å²) < 4.78 is 2.15. The van der Waals surface area contributed by atoms with Crippen LogP contribution in [0.1, 0.15) is 21.9 Å².